The second-order valence-electron chi connectivity index (χ2n) is 8.57. The van der Waals surface area contributed by atoms with E-state index in [0.717, 1.165) is 67.8 Å². The molecule has 1 aromatic heterocycles. The van der Waals surface area contributed by atoms with Crippen molar-refractivity contribution in [2.75, 3.05) is 5.32 Å². The molecule has 0 radical (unpaired) electrons. The average Bonchev–Trinajstić information content (AvgIpc) is 3.27. The van der Waals surface area contributed by atoms with Gasteiger partial charge in [-0.1, -0.05) is 62.2 Å². The maximum absolute atomic E-state index is 13.4. The Morgan fingerprint density at radius 1 is 0.972 bits per heavy atom. The topological polar surface area (TPSA) is 50.7 Å². The van der Waals surface area contributed by atoms with Gasteiger partial charge in [0.15, 0.2) is 0 Å². The van der Waals surface area contributed by atoms with E-state index >= 15 is 0 Å². The summed E-state index contributed by atoms with van der Waals surface area (Å²) >= 11 is 8.66. The number of halogens is 2. The first-order valence-electron chi connectivity index (χ1n) is 11.8. The number of aryl methyl sites for hydroxylation is 1. The van der Waals surface area contributed by atoms with E-state index < -0.39 is 0 Å². The van der Waals surface area contributed by atoms with Gasteiger partial charge in [-0.2, -0.15) is 0 Å². The summed E-state index contributed by atoms with van der Waals surface area (Å²) < 4.78 is 8.11. The number of hydrogen-bond acceptors (Lipinski definition) is 4. The van der Waals surface area contributed by atoms with Crippen LogP contribution in [0.15, 0.2) is 86.7 Å². The molecule has 0 atom stereocenters. The van der Waals surface area contributed by atoms with Gasteiger partial charge >= 0.3 is 0 Å². The number of thiophene rings is 1. The van der Waals surface area contributed by atoms with Crippen LogP contribution < -0.4 is 10.1 Å². The van der Waals surface area contributed by atoms with E-state index in [9.17, 15) is 4.79 Å². The zero-order valence-corrected chi connectivity index (χ0v) is 23.5. The third kappa shape index (κ3) is 5.97. The van der Waals surface area contributed by atoms with Gasteiger partial charge in [-0.3, -0.25) is 4.79 Å². The van der Waals surface area contributed by atoms with Crippen molar-refractivity contribution in [1.29, 1.82) is 0 Å². The Balaban J connectivity index is 1.43. The SMILES string of the molecule is O=C(Nc1ccccc1)c1c(N=Cc2cc(Br)ccc2OCc2ccc(Br)cc2)sc2c1CCCC2. The number of carbonyl (C=O) groups excluding carboxylic acids is 1. The standard InChI is InChI=1S/C29H24Br2N2O2S/c30-21-12-10-19(11-13-21)18-35-25-15-14-22(31)16-20(25)17-32-29-27(24-8-4-5-9-26(24)36-29)28(34)33-23-6-2-1-3-7-23/h1-3,6-7,10-17H,4-5,8-9,18H2,(H,33,34). The number of aliphatic imine (C=N–C) groups is 1. The van der Waals surface area contributed by atoms with Crippen molar-refractivity contribution in [2.45, 2.75) is 32.3 Å². The summed E-state index contributed by atoms with van der Waals surface area (Å²) in [6.45, 7) is 0.452. The zero-order valence-electron chi connectivity index (χ0n) is 19.5. The van der Waals surface area contributed by atoms with Crippen LogP contribution in [0.25, 0.3) is 0 Å². The third-order valence-corrected chi connectivity index (χ3v) is 8.23. The number of rotatable bonds is 7. The molecule has 0 spiro atoms. The lowest BCUT2D eigenvalue weighted by atomic mass is 9.95. The highest BCUT2D eigenvalue weighted by Crippen LogP contribution is 2.40. The highest BCUT2D eigenvalue weighted by atomic mass is 79.9. The monoisotopic (exact) mass is 622 g/mol. The summed E-state index contributed by atoms with van der Waals surface area (Å²) in [5.41, 5.74) is 4.55. The van der Waals surface area contributed by atoms with E-state index in [2.05, 4.69) is 37.2 Å². The van der Waals surface area contributed by atoms with Gasteiger partial charge in [0.05, 0.1) is 5.56 Å². The molecular weight excluding hydrogens is 600 g/mol. The maximum atomic E-state index is 13.4. The van der Waals surface area contributed by atoms with Crippen LogP contribution in [0, 0.1) is 0 Å². The van der Waals surface area contributed by atoms with Gasteiger partial charge < -0.3 is 10.1 Å². The van der Waals surface area contributed by atoms with Crippen LogP contribution in [0.3, 0.4) is 0 Å². The number of nitrogens with zero attached hydrogens (tertiary/aromatic N) is 1. The zero-order chi connectivity index (χ0) is 24.9. The smallest absolute Gasteiger partial charge is 0.259 e. The van der Waals surface area contributed by atoms with Crippen molar-refractivity contribution in [1.82, 2.24) is 0 Å². The van der Waals surface area contributed by atoms with E-state index in [1.807, 2.05) is 72.8 Å². The number of fused-ring (bicyclic) bond motifs is 1. The largest absolute Gasteiger partial charge is 0.488 e. The van der Waals surface area contributed by atoms with Crippen LogP contribution in [0.4, 0.5) is 10.7 Å². The lowest BCUT2D eigenvalue weighted by Gasteiger charge is -2.13. The molecule has 1 N–H and O–H groups in total. The summed E-state index contributed by atoms with van der Waals surface area (Å²) in [6.07, 6.45) is 5.96. The molecule has 36 heavy (non-hydrogen) atoms. The molecule has 4 nitrogen and oxygen atoms in total. The molecule has 1 aliphatic carbocycles. The fourth-order valence-electron chi connectivity index (χ4n) is 4.21. The van der Waals surface area contributed by atoms with Gasteiger partial charge in [0, 0.05) is 31.3 Å². The van der Waals surface area contributed by atoms with E-state index in [0.29, 0.717) is 12.2 Å². The summed E-state index contributed by atoms with van der Waals surface area (Å²) in [6, 6.07) is 23.5. The van der Waals surface area contributed by atoms with E-state index in [1.54, 1.807) is 17.6 Å². The van der Waals surface area contributed by atoms with Gasteiger partial charge in [-0.15, -0.1) is 11.3 Å². The minimum Gasteiger partial charge on any atom is -0.488 e. The Labute approximate surface area is 231 Å². The molecule has 0 unspecified atom stereocenters. The highest BCUT2D eigenvalue weighted by molar-refractivity contribution is 9.10. The third-order valence-electron chi connectivity index (χ3n) is 6.01. The summed E-state index contributed by atoms with van der Waals surface area (Å²) in [7, 11) is 0. The fourth-order valence-corrected chi connectivity index (χ4v) is 6.09. The van der Waals surface area contributed by atoms with Gasteiger partial charge in [-0.25, -0.2) is 4.99 Å². The molecule has 1 heterocycles. The van der Waals surface area contributed by atoms with Crippen molar-refractivity contribution < 1.29 is 9.53 Å². The Morgan fingerprint density at radius 3 is 2.53 bits per heavy atom. The first-order chi connectivity index (χ1) is 17.6. The minimum absolute atomic E-state index is 0.103. The number of hydrogen-bond donors (Lipinski definition) is 1. The number of anilines is 1. The van der Waals surface area contributed by atoms with E-state index in [4.69, 9.17) is 9.73 Å². The number of nitrogens with one attached hydrogen (secondary N) is 1. The molecule has 5 rings (SSSR count). The minimum atomic E-state index is -0.103. The predicted molar refractivity (Wildman–Crippen MR) is 155 cm³/mol. The molecule has 7 heteroatoms. The van der Waals surface area contributed by atoms with Crippen LogP contribution in [0.2, 0.25) is 0 Å². The molecule has 0 saturated carbocycles. The number of ether oxygens (including phenoxy) is 1. The Kier molecular flexibility index (Phi) is 7.99. The molecule has 182 valence electrons. The molecule has 0 fully saturated rings. The molecule has 1 amide bonds. The number of benzene rings is 3. The molecular formula is C29H24Br2N2O2S. The molecule has 1 aliphatic rings. The Bertz CT molecular complexity index is 1400. The van der Waals surface area contributed by atoms with Crippen molar-refractivity contribution >= 4 is 66.0 Å². The first kappa shape index (κ1) is 24.9. The van der Waals surface area contributed by atoms with Gasteiger partial charge in [0.1, 0.15) is 17.4 Å². The van der Waals surface area contributed by atoms with Crippen LogP contribution in [0.1, 0.15) is 44.8 Å². The number of amides is 1. The molecule has 0 bridgehead atoms. The Hall–Kier alpha value is -2.74. The summed E-state index contributed by atoms with van der Waals surface area (Å²) in [5, 5.41) is 3.80. The number of carbonyl (C=O) groups is 1. The average molecular weight is 624 g/mol. The second-order valence-corrected chi connectivity index (χ2v) is 11.5. The van der Waals surface area contributed by atoms with Crippen LogP contribution in [0.5, 0.6) is 5.75 Å². The summed E-state index contributed by atoms with van der Waals surface area (Å²) in [4.78, 5) is 19.5. The molecule has 4 aromatic rings. The lowest BCUT2D eigenvalue weighted by molar-refractivity contribution is 0.102. The van der Waals surface area contributed by atoms with Gasteiger partial charge in [-0.05, 0) is 79.3 Å². The normalized spacial score (nSPS) is 12.9. The van der Waals surface area contributed by atoms with Crippen molar-refractivity contribution in [3.8, 4) is 5.75 Å². The quantitative estimate of drug-likeness (QED) is 0.209. The highest BCUT2D eigenvalue weighted by Gasteiger charge is 2.25. The maximum Gasteiger partial charge on any atom is 0.259 e. The van der Waals surface area contributed by atoms with Crippen LogP contribution >= 0.6 is 43.2 Å². The van der Waals surface area contributed by atoms with Crippen LogP contribution in [-0.2, 0) is 19.4 Å². The summed E-state index contributed by atoms with van der Waals surface area (Å²) in [5.74, 6) is 0.634. The van der Waals surface area contributed by atoms with Gasteiger partial charge in [0.25, 0.3) is 5.91 Å². The Morgan fingerprint density at radius 2 is 1.72 bits per heavy atom. The van der Waals surface area contributed by atoms with E-state index in [-0.39, 0.29) is 5.91 Å². The lowest BCUT2D eigenvalue weighted by Crippen LogP contribution is -2.14. The predicted octanol–water partition coefficient (Wildman–Crippen LogP) is 8.73. The molecule has 0 aliphatic heterocycles. The van der Waals surface area contributed by atoms with Crippen LogP contribution in [-0.4, -0.2) is 12.1 Å². The van der Waals surface area contributed by atoms with Crippen molar-refractivity contribution in [3.63, 3.8) is 0 Å². The molecule has 3 aromatic carbocycles. The first-order valence-corrected chi connectivity index (χ1v) is 14.2. The number of para-hydroxylation sites is 1. The van der Waals surface area contributed by atoms with Crippen molar-refractivity contribution in [3.05, 3.63) is 109 Å². The fraction of sp³-hybridized carbons (Fsp3) is 0.172. The van der Waals surface area contributed by atoms with Crippen molar-refractivity contribution in [2.24, 2.45) is 4.99 Å². The van der Waals surface area contributed by atoms with Gasteiger partial charge in [0.2, 0.25) is 0 Å². The second kappa shape index (κ2) is 11.5. The molecule has 0 saturated heterocycles. The van der Waals surface area contributed by atoms with E-state index in [1.165, 1.54) is 4.88 Å².